The fourth-order valence-electron chi connectivity index (χ4n) is 3.52. The molecule has 164 valence electrons. The smallest absolute Gasteiger partial charge is 0.191 e. The normalized spacial score (nSPS) is 16.1. The number of hydrogen-bond acceptors (Lipinski definition) is 4. The van der Waals surface area contributed by atoms with E-state index >= 15 is 0 Å². The highest BCUT2D eigenvalue weighted by Crippen LogP contribution is 2.08. The van der Waals surface area contributed by atoms with E-state index in [1.165, 1.54) is 5.56 Å². The van der Waals surface area contributed by atoms with Crippen molar-refractivity contribution in [3.05, 3.63) is 35.9 Å². The Balaban J connectivity index is 1.56. The number of nitrogens with one attached hydrogen (secondary N) is 2. The molecular weight excluding hydrogens is 362 g/mol. The lowest BCUT2D eigenvalue weighted by molar-refractivity contribution is 0.127. The highest BCUT2D eigenvalue weighted by Gasteiger charge is 2.16. The first-order valence-electron chi connectivity index (χ1n) is 11.4. The SMILES string of the molecule is CCNC(=NCCCN1CCN(Cc2ccccc2)CC1)NCCCCOCC. The Labute approximate surface area is 177 Å². The predicted octanol–water partition coefficient (Wildman–Crippen LogP) is 2.57. The van der Waals surface area contributed by atoms with Crippen LogP contribution in [0.15, 0.2) is 35.3 Å². The molecule has 0 unspecified atom stereocenters. The third-order valence-corrected chi connectivity index (χ3v) is 5.17. The zero-order chi connectivity index (χ0) is 20.6. The number of guanidine groups is 1. The van der Waals surface area contributed by atoms with Crippen LogP contribution in [-0.4, -0.2) is 81.3 Å². The van der Waals surface area contributed by atoms with Gasteiger partial charge in [0.25, 0.3) is 0 Å². The Kier molecular flexibility index (Phi) is 12.4. The molecule has 0 aliphatic carbocycles. The molecule has 2 rings (SSSR count). The molecule has 1 aromatic carbocycles. The minimum Gasteiger partial charge on any atom is -0.382 e. The molecule has 0 radical (unpaired) electrons. The van der Waals surface area contributed by atoms with Gasteiger partial charge in [0.2, 0.25) is 0 Å². The molecule has 2 N–H and O–H groups in total. The van der Waals surface area contributed by atoms with Gasteiger partial charge in [0.1, 0.15) is 0 Å². The molecule has 0 bridgehead atoms. The van der Waals surface area contributed by atoms with Gasteiger partial charge in [0.15, 0.2) is 5.96 Å². The van der Waals surface area contributed by atoms with Gasteiger partial charge in [-0.2, -0.15) is 0 Å². The van der Waals surface area contributed by atoms with Crippen molar-refractivity contribution in [3.63, 3.8) is 0 Å². The summed E-state index contributed by atoms with van der Waals surface area (Å²) in [6, 6.07) is 10.8. The summed E-state index contributed by atoms with van der Waals surface area (Å²) in [5.41, 5.74) is 1.41. The maximum absolute atomic E-state index is 5.38. The standard InChI is InChI=1S/C23H41N5O/c1-3-24-23(25-13-8-9-20-29-4-2)26-14-10-15-27-16-18-28(19-17-27)21-22-11-6-5-7-12-22/h5-7,11-12H,3-4,8-10,13-21H2,1-2H3,(H2,24,25,26). The van der Waals surface area contributed by atoms with E-state index in [-0.39, 0.29) is 0 Å². The van der Waals surface area contributed by atoms with E-state index in [2.05, 4.69) is 57.7 Å². The Hall–Kier alpha value is -1.63. The van der Waals surface area contributed by atoms with Crippen LogP contribution in [-0.2, 0) is 11.3 Å². The van der Waals surface area contributed by atoms with Gasteiger partial charge in [-0.3, -0.25) is 9.89 Å². The topological polar surface area (TPSA) is 52.1 Å². The monoisotopic (exact) mass is 403 g/mol. The second-order valence-corrected chi connectivity index (χ2v) is 7.55. The van der Waals surface area contributed by atoms with Crippen LogP contribution < -0.4 is 10.6 Å². The average molecular weight is 404 g/mol. The fourth-order valence-corrected chi connectivity index (χ4v) is 3.52. The molecular formula is C23H41N5O. The molecule has 1 aliphatic rings. The van der Waals surface area contributed by atoms with E-state index in [1.54, 1.807) is 0 Å². The van der Waals surface area contributed by atoms with Crippen LogP contribution in [0.4, 0.5) is 0 Å². The van der Waals surface area contributed by atoms with Crippen molar-refractivity contribution in [1.29, 1.82) is 0 Å². The third-order valence-electron chi connectivity index (χ3n) is 5.17. The van der Waals surface area contributed by atoms with Crippen LogP contribution in [0.2, 0.25) is 0 Å². The van der Waals surface area contributed by atoms with Crippen LogP contribution in [0.3, 0.4) is 0 Å². The van der Waals surface area contributed by atoms with Gasteiger partial charge in [0.05, 0.1) is 0 Å². The summed E-state index contributed by atoms with van der Waals surface area (Å²) < 4.78 is 5.38. The Bertz CT molecular complexity index is 543. The van der Waals surface area contributed by atoms with Crippen LogP contribution >= 0.6 is 0 Å². The van der Waals surface area contributed by atoms with Crippen molar-refractivity contribution in [2.75, 3.05) is 65.6 Å². The number of nitrogens with zero attached hydrogens (tertiary/aromatic N) is 3. The van der Waals surface area contributed by atoms with Crippen molar-refractivity contribution in [3.8, 4) is 0 Å². The van der Waals surface area contributed by atoms with Gasteiger partial charge in [-0.1, -0.05) is 30.3 Å². The molecule has 0 spiro atoms. The number of benzene rings is 1. The largest absolute Gasteiger partial charge is 0.382 e. The summed E-state index contributed by atoms with van der Waals surface area (Å²) in [4.78, 5) is 9.86. The summed E-state index contributed by atoms with van der Waals surface area (Å²) in [6.07, 6.45) is 3.31. The maximum atomic E-state index is 5.38. The molecule has 0 saturated carbocycles. The van der Waals surface area contributed by atoms with Gasteiger partial charge < -0.3 is 20.3 Å². The summed E-state index contributed by atoms with van der Waals surface area (Å²) in [5.74, 6) is 0.941. The van der Waals surface area contributed by atoms with E-state index in [1.807, 2.05) is 6.92 Å². The van der Waals surface area contributed by atoms with Crippen molar-refractivity contribution in [1.82, 2.24) is 20.4 Å². The zero-order valence-corrected chi connectivity index (χ0v) is 18.5. The van der Waals surface area contributed by atoms with Crippen LogP contribution in [0, 0.1) is 0 Å². The fraction of sp³-hybridized carbons (Fsp3) is 0.696. The summed E-state index contributed by atoms with van der Waals surface area (Å²) >= 11 is 0. The number of rotatable bonds is 13. The van der Waals surface area contributed by atoms with E-state index < -0.39 is 0 Å². The molecule has 1 aliphatic heterocycles. The molecule has 6 heteroatoms. The number of hydrogen-bond donors (Lipinski definition) is 2. The Morgan fingerprint density at radius 2 is 1.72 bits per heavy atom. The van der Waals surface area contributed by atoms with E-state index in [0.717, 1.165) is 97.3 Å². The minimum absolute atomic E-state index is 0.805. The third kappa shape index (κ3) is 10.6. The summed E-state index contributed by atoms with van der Waals surface area (Å²) in [6.45, 7) is 15.4. The van der Waals surface area contributed by atoms with Crippen molar-refractivity contribution < 1.29 is 4.74 Å². The highest BCUT2D eigenvalue weighted by atomic mass is 16.5. The first kappa shape index (κ1) is 23.6. The van der Waals surface area contributed by atoms with Crippen molar-refractivity contribution in [2.24, 2.45) is 4.99 Å². The average Bonchev–Trinajstić information content (AvgIpc) is 2.75. The van der Waals surface area contributed by atoms with Crippen LogP contribution in [0.25, 0.3) is 0 Å². The molecule has 1 fully saturated rings. The number of unbranched alkanes of at least 4 members (excludes halogenated alkanes) is 1. The van der Waals surface area contributed by atoms with Crippen molar-refractivity contribution >= 4 is 5.96 Å². The second kappa shape index (κ2) is 15.2. The highest BCUT2D eigenvalue weighted by molar-refractivity contribution is 5.79. The number of piperazine rings is 1. The Morgan fingerprint density at radius 1 is 0.966 bits per heavy atom. The van der Waals surface area contributed by atoms with Gasteiger partial charge in [0, 0.05) is 72.1 Å². The minimum atomic E-state index is 0.805. The van der Waals surface area contributed by atoms with E-state index in [9.17, 15) is 0 Å². The second-order valence-electron chi connectivity index (χ2n) is 7.55. The quantitative estimate of drug-likeness (QED) is 0.301. The molecule has 0 amide bonds. The molecule has 1 heterocycles. The molecule has 29 heavy (non-hydrogen) atoms. The van der Waals surface area contributed by atoms with Gasteiger partial charge in [-0.15, -0.1) is 0 Å². The summed E-state index contributed by atoms with van der Waals surface area (Å²) in [7, 11) is 0. The molecule has 6 nitrogen and oxygen atoms in total. The van der Waals surface area contributed by atoms with Gasteiger partial charge >= 0.3 is 0 Å². The lowest BCUT2D eigenvalue weighted by atomic mass is 10.2. The Morgan fingerprint density at radius 3 is 2.45 bits per heavy atom. The first-order valence-corrected chi connectivity index (χ1v) is 11.4. The lowest BCUT2D eigenvalue weighted by Crippen LogP contribution is -2.46. The predicted molar refractivity (Wildman–Crippen MR) is 122 cm³/mol. The van der Waals surface area contributed by atoms with Gasteiger partial charge in [-0.25, -0.2) is 0 Å². The van der Waals surface area contributed by atoms with Crippen LogP contribution in [0.5, 0.6) is 0 Å². The lowest BCUT2D eigenvalue weighted by Gasteiger charge is -2.34. The van der Waals surface area contributed by atoms with Crippen molar-refractivity contribution in [2.45, 2.75) is 39.7 Å². The molecule has 0 atom stereocenters. The summed E-state index contributed by atoms with van der Waals surface area (Å²) in [5, 5.41) is 6.77. The number of aliphatic imine (C=N–C) groups is 1. The van der Waals surface area contributed by atoms with E-state index in [4.69, 9.17) is 9.73 Å². The molecule has 1 aromatic rings. The zero-order valence-electron chi connectivity index (χ0n) is 18.5. The molecule has 0 aromatic heterocycles. The maximum Gasteiger partial charge on any atom is 0.191 e. The van der Waals surface area contributed by atoms with Crippen LogP contribution in [0.1, 0.15) is 38.7 Å². The van der Waals surface area contributed by atoms with E-state index in [0.29, 0.717) is 0 Å². The first-order chi connectivity index (χ1) is 14.3. The number of ether oxygens (including phenoxy) is 1. The molecule has 1 saturated heterocycles. The van der Waals surface area contributed by atoms with Gasteiger partial charge in [-0.05, 0) is 38.7 Å².